The molecule has 0 saturated heterocycles. The molecule has 0 aliphatic heterocycles. The van der Waals surface area contributed by atoms with Crippen molar-refractivity contribution in [2.24, 2.45) is 0 Å². The molecule has 0 fully saturated rings. The molecule has 0 spiro atoms. The Bertz CT molecular complexity index is 171. The van der Waals surface area contributed by atoms with Gasteiger partial charge in [0.25, 0.3) is 0 Å². The van der Waals surface area contributed by atoms with Gasteiger partial charge in [-0.3, -0.25) is 4.98 Å². The molecule has 9 heavy (non-hydrogen) atoms. The van der Waals surface area contributed by atoms with E-state index in [0.717, 1.165) is 0 Å². The SMILES string of the molecule is Nc1cnccc1[S-].[Na+]. The Morgan fingerprint density at radius 3 is 2.56 bits per heavy atom. The third-order valence-electron chi connectivity index (χ3n) is 0.810. The summed E-state index contributed by atoms with van der Waals surface area (Å²) in [6, 6.07) is 1.70. The molecule has 4 heteroatoms. The van der Waals surface area contributed by atoms with Crippen molar-refractivity contribution in [3.05, 3.63) is 18.5 Å². The zero-order valence-electron chi connectivity index (χ0n) is 5.16. The van der Waals surface area contributed by atoms with E-state index in [4.69, 9.17) is 18.4 Å². The van der Waals surface area contributed by atoms with E-state index >= 15 is 0 Å². The number of hydrogen-bond acceptors (Lipinski definition) is 3. The van der Waals surface area contributed by atoms with Crippen LogP contribution in [0.15, 0.2) is 23.4 Å². The molecular weight excluding hydrogens is 143 g/mol. The Morgan fingerprint density at radius 2 is 2.22 bits per heavy atom. The van der Waals surface area contributed by atoms with Crippen LogP contribution in [0.2, 0.25) is 0 Å². The van der Waals surface area contributed by atoms with Gasteiger partial charge in [-0.2, -0.15) is 0 Å². The molecular formula is C5H5N2NaS. The number of nitrogen functional groups attached to an aromatic ring is 1. The van der Waals surface area contributed by atoms with Crippen LogP contribution in [0.25, 0.3) is 0 Å². The minimum absolute atomic E-state index is 0. The van der Waals surface area contributed by atoms with E-state index in [0.29, 0.717) is 10.6 Å². The Morgan fingerprint density at radius 1 is 1.56 bits per heavy atom. The Kier molecular flexibility index (Phi) is 4.14. The van der Waals surface area contributed by atoms with Crippen LogP contribution < -0.4 is 35.3 Å². The van der Waals surface area contributed by atoms with Crippen molar-refractivity contribution < 1.29 is 29.6 Å². The van der Waals surface area contributed by atoms with Gasteiger partial charge < -0.3 is 18.4 Å². The minimum Gasteiger partial charge on any atom is -0.778 e. The van der Waals surface area contributed by atoms with Gasteiger partial charge in [-0.1, -0.05) is 6.07 Å². The van der Waals surface area contributed by atoms with E-state index in [1.807, 2.05) is 0 Å². The van der Waals surface area contributed by atoms with Crippen LogP contribution in [-0.4, -0.2) is 4.98 Å². The molecule has 1 aromatic rings. The van der Waals surface area contributed by atoms with Crippen molar-refractivity contribution in [1.29, 1.82) is 0 Å². The maximum atomic E-state index is 5.35. The fourth-order valence-electron chi connectivity index (χ4n) is 0.394. The smallest absolute Gasteiger partial charge is 0.778 e. The molecule has 42 valence electrons. The Hall–Kier alpha value is 0.170. The van der Waals surface area contributed by atoms with E-state index in [1.54, 1.807) is 18.5 Å². The van der Waals surface area contributed by atoms with Crippen molar-refractivity contribution in [2.45, 2.75) is 4.90 Å². The second kappa shape index (κ2) is 4.06. The summed E-state index contributed by atoms with van der Waals surface area (Å²) in [7, 11) is 0. The Labute approximate surface area is 81.6 Å². The van der Waals surface area contributed by atoms with Gasteiger partial charge in [-0.15, -0.1) is 4.90 Å². The van der Waals surface area contributed by atoms with Gasteiger partial charge in [-0.05, 0) is 0 Å². The van der Waals surface area contributed by atoms with Gasteiger partial charge >= 0.3 is 29.6 Å². The van der Waals surface area contributed by atoms with Crippen molar-refractivity contribution in [1.82, 2.24) is 4.98 Å². The zero-order chi connectivity index (χ0) is 5.98. The number of pyridine rings is 1. The van der Waals surface area contributed by atoms with Crippen LogP contribution in [0.1, 0.15) is 0 Å². The molecule has 0 radical (unpaired) electrons. The average Bonchev–Trinajstić information content (AvgIpc) is 1.77. The molecule has 1 heterocycles. The van der Waals surface area contributed by atoms with Crippen molar-refractivity contribution in [3.8, 4) is 0 Å². The van der Waals surface area contributed by atoms with Crippen LogP contribution in [0.3, 0.4) is 0 Å². The van der Waals surface area contributed by atoms with Crippen LogP contribution in [0, 0.1) is 0 Å². The van der Waals surface area contributed by atoms with Crippen LogP contribution in [0.4, 0.5) is 5.69 Å². The molecule has 0 bridgehead atoms. The van der Waals surface area contributed by atoms with Crippen molar-refractivity contribution in [2.75, 3.05) is 5.73 Å². The molecule has 0 amide bonds. The van der Waals surface area contributed by atoms with Gasteiger partial charge in [-0.25, -0.2) is 0 Å². The van der Waals surface area contributed by atoms with Gasteiger partial charge in [0.1, 0.15) is 0 Å². The maximum Gasteiger partial charge on any atom is 1.00 e. The fraction of sp³-hybridized carbons (Fsp3) is 0. The monoisotopic (exact) mass is 148 g/mol. The number of rotatable bonds is 0. The first-order valence-corrected chi connectivity index (χ1v) is 2.58. The van der Waals surface area contributed by atoms with Crippen molar-refractivity contribution in [3.63, 3.8) is 0 Å². The van der Waals surface area contributed by atoms with Gasteiger partial charge in [0.2, 0.25) is 0 Å². The summed E-state index contributed by atoms with van der Waals surface area (Å²) in [6.45, 7) is 0. The molecule has 1 rings (SSSR count). The number of nitrogens with two attached hydrogens (primary N) is 1. The number of aromatic nitrogens is 1. The summed E-state index contributed by atoms with van der Waals surface area (Å²) in [5.41, 5.74) is 5.92. The van der Waals surface area contributed by atoms with Gasteiger partial charge in [0.05, 0.1) is 0 Å². The van der Waals surface area contributed by atoms with Crippen LogP contribution in [-0.2, 0) is 12.6 Å². The normalized spacial score (nSPS) is 8.00. The second-order valence-electron chi connectivity index (χ2n) is 1.41. The quantitative estimate of drug-likeness (QED) is 0.328. The van der Waals surface area contributed by atoms with E-state index in [9.17, 15) is 0 Å². The molecule has 2 N–H and O–H groups in total. The first-order chi connectivity index (χ1) is 3.80. The fourth-order valence-corrected chi connectivity index (χ4v) is 0.507. The molecule has 0 unspecified atom stereocenters. The predicted octanol–water partition coefficient (Wildman–Crippen LogP) is -2.43. The van der Waals surface area contributed by atoms with Crippen molar-refractivity contribution >= 4 is 18.3 Å². The first-order valence-electron chi connectivity index (χ1n) is 2.17. The third kappa shape index (κ3) is 2.49. The summed E-state index contributed by atoms with van der Waals surface area (Å²) >= 11 is 4.79. The second-order valence-corrected chi connectivity index (χ2v) is 1.85. The number of nitrogens with zero attached hydrogens (tertiary/aromatic N) is 1. The largest absolute Gasteiger partial charge is 1.00 e. The average molecular weight is 148 g/mol. The molecule has 1 aromatic heterocycles. The standard InChI is InChI=1S/C5H6N2S.Na/c6-4-3-7-2-1-5(4)8;/h1-3H,6H2,(H,7,8);/q;+1/p-1. The van der Waals surface area contributed by atoms with Gasteiger partial charge in [0.15, 0.2) is 0 Å². The topological polar surface area (TPSA) is 38.9 Å². The van der Waals surface area contributed by atoms with Crippen LogP contribution >= 0.6 is 0 Å². The summed E-state index contributed by atoms with van der Waals surface area (Å²) in [5.74, 6) is 0. The summed E-state index contributed by atoms with van der Waals surface area (Å²) < 4.78 is 0. The van der Waals surface area contributed by atoms with E-state index in [-0.39, 0.29) is 29.6 Å². The number of hydrogen-bond donors (Lipinski definition) is 1. The maximum absolute atomic E-state index is 5.35. The molecule has 0 saturated carbocycles. The zero-order valence-corrected chi connectivity index (χ0v) is 7.98. The molecule has 0 atom stereocenters. The predicted molar refractivity (Wildman–Crippen MR) is 34.3 cm³/mol. The summed E-state index contributed by atoms with van der Waals surface area (Å²) in [6.07, 6.45) is 3.17. The molecule has 0 aliphatic carbocycles. The third-order valence-corrected chi connectivity index (χ3v) is 1.18. The molecule has 2 nitrogen and oxygen atoms in total. The minimum atomic E-state index is 0. The van der Waals surface area contributed by atoms with E-state index in [2.05, 4.69) is 4.98 Å². The molecule has 0 aliphatic rings. The first kappa shape index (κ1) is 9.17. The van der Waals surface area contributed by atoms with E-state index in [1.165, 1.54) is 0 Å². The van der Waals surface area contributed by atoms with Gasteiger partial charge in [0, 0.05) is 18.1 Å². The van der Waals surface area contributed by atoms with E-state index < -0.39 is 0 Å². The molecule has 0 aromatic carbocycles. The van der Waals surface area contributed by atoms with Crippen LogP contribution in [0.5, 0.6) is 0 Å². The Balaban J connectivity index is 0.000000640. The number of anilines is 1. The summed E-state index contributed by atoms with van der Waals surface area (Å²) in [4.78, 5) is 4.42. The summed E-state index contributed by atoms with van der Waals surface area (Å²) in [5, 5.41) is 0.